The van der Waals surface area contributed by atoms with E-state index in [2.05, 4.69) is 30.8 Å². The van der Waals surface area contributed by atoms with Crippen LogP contribution in [0.2, 0.25) is 0 Å². The van der Waals surface area contributed by atoms with Crippen molar-refractivity contribution in [2.75, 3.05) is 41.9 Å². The van der Waals surface area contributed by atoms with Gasteiger partial charge in [0.25, 0.3) is 0 Å². The van der Waals surface area contributed by atoms with E-state index in [0.29, 0.717) is 32.0 Å². The van der Waals surface area contributed by atoms with Gasteiger partial charge in [-0.15, -0.1) is 0 Å². The molecule has 0 amide bonds. The van der Waals surface area contributed by atoms with Crippen LogP contribution in [0.25, 0.3) is 11.1 Å². The van der Waals surface area contributed by atoms with Crippen molar-refractivity contribution in [1.29, 1.82) is 0 Å². The van der Waals surface area contributed by atoms with Gasteiger partial charge in [0, 0.05) is 18.8 Å². The molecule has 5 rings (SSSR count). The Kier molecular flexibility index (Phi) is 7.18. The maximum atomic E-state index is 14.2. The van der Waals surface area contributed by atoms with Crippen LogP contribution in [-0.4, -0.2) is 52.6 Å². The Morgan fingerprint density at radius 1 is 1.03 bits per heavy atom. The number of rotatable bonds is 7. The highest BCUT2D eigenvalue weighted by Gasteiger charge is 2.17. The van der Waals surface area contributed by atoms with E-state index in [1.165, 1.54) is 0 Å². The Labute approximate surface area is 213 Å². The minimum Gasteiger partial charge on any atom is -0.508 e. The van der Waals surface area contributed by atoms with Gasteiger partial charge in [-0.05, 0) is 60.0 Å². The summed E-state index contributed by atoms with van der Waals surface area (Å²) >= 11 is 0. The van der Waals surface area contributed by atoms with Crippen LogP contribution in [0.3, 0.4) is 0 Å². The molecule has 1 fully saturated rings. The molecular weight excluding hydrogens is 473 g/mol. The second kappa shape index (κ2) is 11.0. The topological polar surface area (TPSA) is 108 Å². The van der Waals surface area contributed by atoms with E-state index in [9.17, 15) is 9.50 Å². The third-order valence-corrected chi connectivity index (χ3v) is 5.86. The molecule has 1 aliphatic rings. The number of aromatic nitrogens is 3. The highest BCUT2D eigenvalue weighted by molar-refractivity contribution is 5.78. The molecule has 188 valence electrons. The molecule has 0 atom stereocenters. The number of ether oxygens (including phenoxy) is 1. The van der Waals surface area contributed by atoms with Crippen LogP contribution in [0, 0.1) is 12.7 Å². The monoisotopic (exact) mass is 499 g/mol. The summed E-state index contributed by atoms with van der Waals surface area (Å²) in [7, 11) is 0. The molecule has 0 spiro atoms. The third-order valence-electron chi connectivity index (χ3n) is 5.86. The number of morpholine rings is 1. The van der Waals surface area contributed by atoms with Crippen molar-refractivity contribution in [3.63, 3.8) is 0 Å². The van der Waals surface area contributed by atoms with Crippen LogP contribution in [0.5, 0.6) is 5.75 Å². The summed E-state index contributed by atoms with van der Waals surface area (Å²) in [5, 5.41) is 17.2. The van der Waals surface area contributed by atoms with E-state index in [-0.39, 0.29) is 17.5 Å². The maximum absolute atomic E-state index is 14.2. The van der Waals surface area contributed by atoms with E-state index >= 15 is 0 Å². The van der Waals surface area contributed by atoms with E-state index in [4.69, 9.17) is 4.74 Å². The molecule has 0 saturated carbocycles. The first-order valence-corrected chi connectivity index (χ1v) is 11.8. The molecule has 9 nitrogen and oxygen atoms in total. The quantitative estimate of drug-likeness (QED) is 0.248. The molecule has 2 aromatic heterocycles. The number of hydrogen-bond donors (Lipinski definition) is 3. The molecule has 0 aliphatic carbocycles. The van der Waals surface area contributed by atoms with Crippen molar-refractivity contribution in [3.05, 3.63) is 84.1 Å². The summed E-state index contributed by atoms with van der Waals surface area (Å²) in [5.74, 6) is 0.189. The Morgan fingerprint density at radius 3 is 2.62 bits per heavy atom. The van der Waals surface area contributed by atoms with Crippen LogP contribution in [-0.2, 0) is 4.74 Å². The summed E-state index contributed by atoms with van der Waals surface area (Å²) in [5.41, 5.74) is 8.22. The minimum atomic E-state index is -0.481. The maximum Gasteiger partial charge on any atom is 0.245 e. The molecule has 0 unspecified atom stereocenters. The fourth-order valence-corrected chi connectivity index (χ4v) is 4.03. The zero-order valence-corrected chi connectivity index (χ0v) is 20.2. The average Bonchev–Trinajstić information content (AvgIpc) is 2.91. The van der Waals surface area contributed by atoms with Gasteiger partial charge in [0.2, 0.25) is 5.95 Å². The second-order valence-electron chi connectivity index (χ2n) is 8.51. The normalized spacial score (nSPS) is 13.6. The van der Waals surface area contributed by atoms with Gasteiger partial charge in [0.15, 0.2) is 11.6 Å². The van der Waals surface area contributed by atoms with Crippen molar-refractivity contribution in [2.45, 2.75) is 6.92 Å². The number of phenolic OH excluding ortho intramolecular Hbond substituents is 1. The number of nitrogens with zero attached hydrogens (tertiary/aromatic N) is 5. The first kappa shape index (κ1) is 24.1. The average molecular weight is 500 g/mol. The predicted octanol–water partition coefficient (Wildman–Crippen LogP) is 4.72. The van der Waals surface area contributed by atoms with Crippen molar-refractivity contribution in [2.24, 2.45) is 5.10 Å². The Morgan fingerprint density at radius 2 is 1.86 bits per heavy atom. The molecule has 3 heterocycles. The lowest BCUT2D eigenvalue weighted by molar-refractivity contribution is 0.122. The highest BCUT2D eigenvalue weighted by atomic mass is 19.1. The number of nitrogens with one attached hydrogen (secondary N) is 2. The summed E-state index contributed by atoms with van der Waals surface area (Å²) < 4.78 is 19.5. The number of halogens is 1. The molecule has 37 heavy (non-hydrogen) atoms. The molecule has 1 saturated heterocycles. The number of pyridine rings is 1. The van der Waals surface area contributed by atoms with Crippen LogP contribution < -0.4 is 15.6 Å². The molecule has 10 heteroatoms. The fourth-order valence-electron chi connectivity index (χ4n) is 4.03. The van der Waals surface area contributed by atoms with Crippen LogP contribution in [0.1, 0.15) is 11.3 Å². The Bertz CT molecular complexity index is 1410. The number of hydrogen-bond acceptors (Lipinski definition) is 9. The van der Waals surface area contributed by atoms with Crippen LogP contribution in [0.4, 0.5) is 27.5 Å². The number of aryl methyl sites for hydroxylation is 1. The first-order valence-electron chi connectivity index (χ1n) is 11.8. The molecule has 0 radical (unpaired) electrons. The van der Waals surface area contributed by atoms with Crippen molar-refractivity contribution in [3.8, 4) is 16.9 Å². The summed E-state index contributed by atoms with van der Waals surface area (Å²) in [4.78, 5) is 14.4. The minimum absolute atomic E-state index is 0.196. The zero-order valence-electron chi connectivity index (χ0n) is 20.2. The largest absolute Gasteiger partial charge is 0.508 e. The molecule has 4 aromatic rings. The number of aromatic hydroxyl groups is 1. The lowest BCUT2D eigenvalue weighted by Crippen LogP contribution is -2.37. The second-order valence-corrected chi connectivity index (χ2v) is 8.51. The first-order chi connectivity index (χ1) is 18.0. The SMILES string of the molecule is Cc1cc(Nc2ccc(/C=N/Nc3ncc(F)c(N4CCOCC4)n3)nc2)ccc1-c1cccc(O)c1. The van der Waals surface area contributed by atoms with E-state index in [1.807, 2.05) is 54.3 Å². The van der Waals surface area contributed by atoms with Crippen molar-refractivity contribution in [1.82, 2.24) is 15.0 Å². The Balaban J connectivity index is 1.20. The van der Waals surface area contributed by atoms with Gasteiger partial charge in [-0.3, -0.25) is 4.98 Å². The lowest BCUT2D eigenvalue weighted by Gasteiger charge is -2.27. The predicted molar refractivity (Wildman–Crippen MR) is 142 cm³/mol. The molecule has 2 aromatic carbocycles. The van der Waals surface area contributed by atoms with Crippen molar-refractivity contribution < 1.29 is 14.2 Å². The standard InChI is InChI=1S/C27H26FN7O2/c1-18-13-20(7-8-24(18)19-3-2-4-23(36)14-19)32-22-6-5-21(29-15-22)16-31-34-27-30-17-25(28)26(33-27)35-9-11-37-12-10-35/h2-8,13-17,32,36H,9-12H2,1H3,(H,30,33,34)/b31-16+. The van der Waals surface area contributed by atoms with Gasteiger partial charge < -0.3 is 20.1 Å². The summed E-state index contributed by atoms with van der Waals surface area (Å²) in [6, 6.07) is 17.0. The Hall–Kier alpha value is -4.57. The highest BCUT2D eigenvalue weighted by Crippen LogP contribution is 2.29. The van der Waals surface area contributed by atoms with Gasteiger partial charge in [-0.25, -0.2) is 14.8 Å². The van der Waals surface area contributed by atoms with Gasteiger partial charge in [0.1, 0.15) is 5.75 Å². The van der Waals surface area contributed by atoms with Crippen LogP contribution in [0.15, 0.2) is 72.1 Å². The van der Waals surface area contributed by atoms with Gasteiger partial charge >= 0.3 is 0 Å². The summed E-state index contributed by atoms with van der Waals surface area (Å²) in [6.45, 7) is 4.24. The van der Waals surface area contributed by atoms with Gasteiger partial charge in [-0.1, -0.05) is 18.2 Å². The molecule has 3 N–H and O–H groups in total. The van der Waals surface area contributed by atoms with Gasteiger partial charge in [0.05, 0.1) is 43.2 Å². The van der Waals surface area contributed by atoms with E-state index in [0.717, 1.165) is 34.3 Å². The smallest absolute Gasteiger partial charge is 0.245 e. The zero-order chi connectivity index (χ0) is 25.6. The number of anilines is 4. The molecule has 1 aliphatic heterocycles. The molecular formula is C27H26FN7O2. The molecule has 0 bridgehead atoms. The number of phenols is 1. The van der Waals surface area contributed by atoms with Gasteiger partial charge in [-0.2, -0.15) is 10.1 Å². The number of benzene rings is 2. The van der Waals surface area contributed by atoms with Crippen molar-refractivity contribution >= 4 is 29.4 Å². The fraction of sp³-hybridized carbons (Fsp3) is 0.185. The van der Waals surface area contributed by atoms with E-state index in [1.54, 1.807) is 24.5 Å². The summed E-state index contributed by atoms with van der Waals surface area (Å²) in [6.07, 6.45) is 4.39. The lowest BCUT2D eigenvalue weighted by atomic mass is 10.00. The van der Waals surface area contributed by atoms with E-state index < -0.39 is 5.82 Å². The van der Waals surface area contributed by atoms with Crippen LogP contribution >= 0.6 is 0 Å². The third kappa shape index (κ3) is 5.99. The number of hydrazone groups is 1.